The maximum Gasteiger partial charge on any atom is -0.00204 e. The van der Waals surface area contributed by atoms with E-state index in [0.717, 1.165) is 24.3 Å². The first-order valence-electron chi connectivity index (χ1n) is 6.09. The van der Waals surface area contributed by atoms with Crippen molar-refractivity contribution in [1.82, 2.24) is 5.32 Å². The number of hydrogen-bond acceptors (Lipinski definition) is 1. The van der Waals surface area contributed by atoms with Crippen LogP contribution >= 0.6 is 0 Å². The maximum atomic E-state index is 3.51. The maximum absolute atomic E-state index is 3.51. The Kier molecular flexibility index (Phi) is 3.26. The molecule has 2 unspecified atom stereocenters. The van der Waals surface area contributed by atoms with Gasteiger partial charge in [-0.05, 0) is 50.1 Å². The summed E-state index contributed by atoms with van der Waals surface area (Å²) in [5, 5.41) is 3.51. The molecule has 1 N–H and O–H groups in total. The minimum atomic E-state index is 1.00. The zero-order chi connectivity index (χ0) is 9.10. The van der Waals surface area contributed by atoms with Crippen LogP contribution < -0.4 is 5.32 Å². The molecule has 2 atom stereocenters. The van der Waals surface area contributed by atoms with Crippen LogP contribution in [0.2, 0.25) is 0 Å². The smallest absolute Gasteiger partial charge is 0.00204 e. The highest BCUT2D eigenvalue weighted by Crippen LogP contribution is 2.42. The lowest BCUT2D eigenvalue weighted by atomic mass is 9.68. The van der Waals surface area contributed by atoms with Crippen LogP contribution in [0.1, 0.15) is 45.4 Å². The summed E-state index contributed by atoms with van der Waals surface area (Å²) in [4.78, 5) is 0. The van der Waals surface area contributed by atoms with Crippen LogP contribution in [0.5, 0.6) is 0 Å². The molecule has 0 aliphatic heterocycles. The fourth-order valence-corrected chi connectivity index (χ4v) is 3.38. The van der Waals surface area contributed by atoms with Gasteiger partial charge in [-0.15, -0.1) is 0 Å². The van der Waals surface area contributed by atoms with Crippen molar-refractivity contribution in [2.24, 2.45) is 17.8 Å². The van der Waals surface area contributed by atoms with Gasteiger partial charge >= 0.3 is 0 Å². The number of nitrogens with one attached hydrogen (secondary N) is 1. The van der Waals surface area contributed by atoms with Gasteiger partial charge in [0.1, 0.15) is 0 Å². The molecule has 0 spiro atoms. The lowest BCUT2D eigenvalue weighted by Gasteiger charge is -2.39. The first-order chi connectivity index (χ1) is 6.38. The molecule has 1 heteroatoms. The Labute approximate surface area is 82.3 Å². The summed E-state index contributed by atoms with van der Waals surface area (Å²) in [5.74, 6) is 3.19. The normalized spacial score (nSPS) is 39.0. The predicted octanol–water partition coefficient (Wildman–Crippen LogP) is 2.81. The van der Waals surface area contributed by atoms with Crippen molar-refractivity contribution < 1.29 is 0 Å². The minimum absolute atomic E-state index is 1.00. The van der Waals surface area contributed by atoms with E-state index >= 15 is 0 Å². The molecule has 76 valence electrons. The highest BCUT2D eigenvalue weighted by atomic mass is 14.8. The second-order valence-electron chi connectivity index (χ2n) is 5.04. The molecule has 2 fully saturated rings. The van der Waals surface area contributed by atoms with Gasteiger partial charge in [0.05, 0.1) is 0 Å². The monoisotopic (exact) mass is 181 g/mol. The van der Waals surface area contributed by atoms with Crippen molar-refractivity contribution >= 4 is 0 Å². The van der Waals surface area contributed by atoms with E-state index in [0.29, 0.717) is 0 Å². The molecular formula is C12H23N. The van der Waals surface area contributed by atoms with Crippen molar-refractivity contribution in [3.8, 4) is 0 Å². The van der Waals surface area contributed by atoms with Crippen LogP contribution in [0.15, 0.2) is 0 Å². The first kappa shape index (κ1) is 9.51. The average molecular weight is 181 g/mol. The topological polar surface area (TPSA) is 12.0 Å². The van der Waals surface area contributed by atoms with Gasteiger partial charge in [-0.2, -0.15) is 0 Å². The van der Waals surface area contributed by atoms with Gasteiger partial charge in [-0.1, -0.05) is 26.2 Å². The number of fused-ring (bicyclic) bond motifs is 2. The van der Waals surface area contributed by atoms with E-state index in [1.165, 1.54) is 38.6 Å². The zero-order valence-electron chi connectivity index (χ0n) is 8.89. The molecule has 0 saturated heterocycles. The lowest BCUT2D eigenvalue weighted by molar-refractivity contribution is 0.136. The molecule has 2 bridgehead atoms. The summed E-state index contributed by atoms with van der Waals surface area (Å²) in [6.45, 7) is 4.64. The van der Waals surface area contributed by atoms with Crippen molar-refractivity contribution in [1.29, 1.82) is 0 Å². The van der Waals surface area contributed by atoms with Crippen LogP contribution in [0, 0.1) is 17.8 Å². The highest BCUT2D eigenvalue weighted by Gasteiger charge is 2.31. The summed E-state index contributed by atoms with van der Waals surface area (Å²) in [6, 6.07) is 0. The Morgan fingerprint density at radius 1 is 1.08 bits per heavy atom. The van der Waals surface area contributed by atoms with E-state index in [4.69, 9.17) is 0 Å². The van der Waals surface area contributed by atoms with Crippen LogP contribution in [0.4, 0.5) is 0 Å². The predicted molar refractivity (Wildman–Crippen MR) is 56.7 cm³/mol. The van der Waals surface area contributed by atoms with Crippen LogP contribution in [0.3, 0.4) is 0 Å². The Hall–Kier alpha value is -0.0400. The van der Waals surface area contributed by atoms with E-state index in [1.54, 1.807) is 6.42 Å². The summed E-state index contributed by atoms with van der Waals surface area (Å²) in [6.07, 6.45) is 9.16. The quantitative estimate of drug-likeness (QED) is 0.706. The largest absolute Gasteiger partial charge is 0.317 e. The summed E-state index contributed by atoms with van der Waals surface area (Å²) in [7, 11) is 0. The van der Waals surface area contributed by atoms with Gasteiger partial charge in [0.25, 0.3) is 0 Å². The van der Waals surface area contributed by atoms with Crippen molar-refractivity contribution in [3.63, 3.8) is 0 Å². The number of rotatable bonds is 3. The van der Waals surface area contributed by atoms with Gasteiger partial charge in [0.15, 0.2) is 0 Å². The molecule has 0 aromatic rings. The van der Waals surface area contributed by atoms with E-state index in [9.17, 15) is 0 Å². The van der Waals surface area contributed by atoms with Gasteiger partial charge in [-0.25, -0.2) is 0 Å². The lowest BCUT2D eigenvalue weighted by Crippen LogP contribution is -2.32. The third-order valence-corrected chi connectivity index (χ3v) is 3.91. The second-order valence-corrected chi connectivity index (χ2v) is 5.04. The Morgan fingerprint density at radius 3 is 2.38 bits per heavy atom. The Morgan fingerprint density at radius 2 is 1.77 bits per heavy atom. The molecule has 2 aliphatic carbocycles. The fourth-order valence-electron chi connectivity index (χ4n) is 3.38. The molecule has 0 aromatic carbocycles. The first-order valence-corrected chi connectivity index (χ1v) is 6.09. The molecule has 13 heavy (non-hydrogen) atoms. The molecule has 0 heterocycles. The highest BCUT2D eigenvalue weighted by molar-refractivity contribution is 4.83. The van der Waals surface area contributed by atoms with E-state index in [1.807, 2.05) is 0 Å². The third kappa shape index (κ3) is 2.46. The molecule has 0 radical (unpaired) electrons. The van der Waals surface area contributed by atoms with Crippen molar-refractivity contribution in [2.45, 2.75) is 45.4 Å². The molecule has 2 saturated carbocycles. The molecule has 0 amide bonds. The average Bonchev–Trinajstić information content (AvgIpc) is 2.14. The van der Waals surface area contributed by atoms with Gasteiger partial charge in [0, 0.05) is 0 Å². The zero-order valence-corrected chi connectivity index (χ0v) is 8.89. The van der Waals surface area contributed by atoms with Crippen molar-refractivity contribution in [3.05, 3.63) is 0 Å². The minimum Gasteiger partial charge on any atom is -0.317 e. The van der Waals surface area contributed by atoms with Crippen LogP contribution in [-0.4, -0.2) is 13.1 Å². The third-order valence-electron chi connectivity index (χ3n) is 3.91. The fraction of sp³-hybridized carbons (Fsp3) is 1.00. The van der Waals surface area contributed by atoms with E-state index in [2.05, 4.69) is 12.2 Å². The Balaban J connectivity index is 1.80. The molecule has 2 aliphatic rings. The van der Waals surface area contributed by atoms with E-state index in [-0.39, 0.29) is 0 Å². The SMILES string of the molecule is CCNCC1CC2CCCC(C2)C1. The molecule has 0 aromatic heterocycles. The molecule has 1 nitrogen and oxygen atoms in total. The summed E-state index contributed by atoms with van der Waals surface area (Å²) >= 11 is 0. The standard InChI is InChI=1S/C12H23N/c1-2-13-9-12-7-10-4-3-5-11(6-10)8-12/h10-13H,2-9H2,1H3. The van der Waals surface area contributed by atoms with Crippen LogP contribution in [0.25, 0.3) is 0 Å². The van der Waals surface area contributed by atoms with Gasteiger partial charge in [-0.3, -0.25) is 0 Å². The summed E-state index contributed by atoms with van der Waals surface area (Å²) < 4.78 is 0. The summed E-state index contributed by atoms with van der Waals surface area (Å²) in [5.41, 5.74) is 0. The number of hydrogen-bond donors (Lipinski definition) is 1. The second kappa shape index (κ2) is 4.45. The molecule has 2 rings (SSSR count). The molecular weight excluding hydrogens is 158 g/mol. The van der Waals surface area contributed by atoms with Gasteiger partial charge < -0.3 is 5.32 Å². The van der Waals surface area contributed by atoms with E-state index < -0.39 is 0 Å². The van der Waals surface area contributed by atoms with Crippen LogP contribution in [-0.2, 0) is 0 Å². The van der Waals surface area contributed by atoms with Gasteiger partial charge in [0.2, 0.25) is 0 Å². The van der Waals surface area contributed by atoms with Crippen molar-refractivity contribution in [2.75, 3.05) is 13.1 Å². The Bertz CT molecular complexity index is 143.